The van der Waals surface area contributed by atoms with Gasteiger partial charge in [0, 0.05) is 7.11 Å². The molecule has 0 unspecified atom stereocenters. The molecule has 0 aromatic heterocycles. The van der Waals surface area contributed by atoms with Crippen molar-refractivity contribution < 1.29 is 22.4 Å². The molecule has 0 aliphatic rings. The Kier molecular flexibility index (Phi) is 5.74. The smallest absolute Gasteiger partial charge is 0.294 e. The maximum absolute atomic E-state index is 11.0. The second-order valence-electron chi connectivity index (χ2n) is 3.92. The molecule has 1 aromatic carbocycles. The van der Waals surface area contributed by atoms with Gasteiger partial charge in [0.15, 0.2) is 0 Å². The lowest BCUT2D eigenvalue weighted by Gasteiger charge is -2.08. The number of hydrogen-bond acceptors (Lipinski definition) is 4. The molecule has 1 rings (SSSR count). The molecule has 0 saturated heterocycles. The maximum Gasteiger partial charge on any atom is 0.294 e. The molecular weight excluding hydrogens is 256 g/mol. The van der Waals surface area contributed by atoms with E-state index >= 15 is 0 Å². The van der Waals surface area contributed by atoms with Gasteiger partial charge in [-0.05, 0) is 36.6 Å². The molecule has 1 aromatic rings. The van der Waals surface area contributed by atoms with Crippen molar-refractivity contribution in [2.75, 3.05) is 26.9 Å². The monoisotopic (exact) mass is 274 g/mol. The maximum atomic E-state index is 11.0. The summed E-state index contributed by atoms with van der Waals surface area (Å²) in [7, 11) is -2.54. The Labute approximate surface area is 107 Å². The Morgan fingerprint density at radius 2 is 1.94 bits per heavy atom. The van der Waals surface area contributed by atoms with Crippen LogP contribution < -0.4 is 0 Å². The van der Waals surface area contributed by atoms with Gasteiger partial charge in [0.1, 0.15) is 0 Å². The van der Waals surface area contributed by atoms with Crippen LogP contribution in [0.4, 0.5) is 0 Å². The van der Waals surface area contributed by atoms with Gasteiger partial charge in [0.05, 0.1) is 24.7 Å². The highest BCUT2D eigenvalue weighted by Crippen LogP contribution is 2.16. The number of ether oxygens (including phenoxy) is 2. The van der Waals surface area contributed by atoms with Crippen LogP contribution in [0.1, 0.15) is 11.1 Å². The summed E-state index contributed by atoms with van der Waals surface area (Å²) in [5.41, 5.74) is 1.82. The van der Waals surface area contributed by atoms with Crippen LogP contribution in [0.2, 0.25) is 0 Å². The summed E-state index contributed by atoms with van der Waals surface area (Å²) < 4.78 is 41.2. The largest absolute Gasteiger partial charge is 0.382 e. The molecule has 0 aliphatic carbocycles. The van der Waals surface area contributed by atoms with E-state index in [0.717, 1.165) is 11.1 Å². The van der Waals surface area contributed by atoms with Crippen LogP contribution in [0.25, 0.3) is 0 Å². The van der Waals surface area contributed by atoms with Gasteiger partial charge in [-0.2, -0.15) is 8.42 Å². The molecule has 102 valence electrons. The Morgan fingerprint density at radius 3 is 2.56 bits per heavy atom. The summed E-state index contributed by atoms with van der Waals surface area (Å²) in [6.45, 7) is 3.41. The first-order valence-corrected chi connectivity index (χ1v) is 7.03. The van der Waals surface area contributed by atoms with Crippen LogP contribution in [0.15, 0.2) is 23.1 Å². The molecule has 5 nitrogen and oxygen atoms in total. The van der Waals surface area contributed by atoms with Crippen molar-refractivity contribution in [2.45, 2.75) is 18.2 Å². The molecule has 6 heteroatoms. The Balaban J connectivity index is 2.65. The van der Waals surface area contributed by atoms with Crippen molar-refractivity contribution in [3.8, 4) is 0 Å². The lowest BCUT2D eigenvalue weighted by molar-refractivity contribution is 0.0722. The van der Waals surface area contributed by atoms with Crippen LogP contribution in [-0.2, 0) is 26.0 Å². The van der Waals surface area contributed by atoms with E-state index in [1.54, 1.807) is 13.2 Å². The van der Waals surface area contributed by atoms with E-state index < -0.39 is 10.1 Å². The number of benzene rings is 1. The summed E-state index contributed by atoms with van der Waals surface area (Å²) in [4.78, 5) is -0.0833. The summed E-state index contributed by atoms with van der Waals surface area (Å²) in [5.74, 6) is 0. The van der Waals surface area contributed by atoms with E-state index in [2.05, 4.69) is 0 Å². The third-order valence-electron chi connectivity index (χ3n) is 2.57. The zero-order valence-corrected chi connectivity index (χ0v) is 11.4. The topological polar surface area (TPSA) is 72.8 Å². The molecule has 0 radical (unpaired) electrons. The molecule has 18 heavy (non-hydrogen) atoms. The molecule has 0 atom stereocenters. The fraction of sp³-hybridized carbons (Fsp3) is 0.500. The van der Waals surface area contributed by atoms with E-state index in [0.29, 0.717) is 26.2 Å². The quantitative estimate of drug-likeness (QED) is 0.602. The highest BCUT2D eigenvalue weighted by molar-refractivity contribution is 7.85. The molecule has 0 saturated carbocycles. The van der Waals surface area contributed by atoms with Gasteiger partial charge >= 0.3 is 0 Å². The van der Waals surface area contributed by atoms with Gasteiger partial charge in [-0.1, -0.05) is 6.07 Å². The fourth-order valence-electron chi connectivity index (χ4n) is 1.50. The Hall–Kier alpha value is -0.950. The second kappa shape index (κ2) is 6.84. The number of aryl methyl sites for hydroxylation is 1. The minimum Gasteiger partial charge on any atom is -0.382 e. The predicted molar refractivity (Wildman–Crippen MR) is 67.4 cm³/mol. The molecule has 1 N–H and O–H groups in total. The molecule has 0 fully saturated rings. The number of methoxy groups -OCH3 is 1. The summed E-state index contributed by atoms with van der Waals surface area (Å²) in [6.07, 6.45) is 0.596. The first kappa shape index (κ1) is 15.1. The van der Waals surface area contributed by atoms with E-state index in [9.17, 15) is 8.42 Å². The zero-order valence-electron chi connectivity index (χ0n) is 10.5. The van der Waals surface area contributed by atoms with Crippen molar-refractivity contribution in [2.24, 2.45) is 0 Å². The van der Waals surface area contributed by atoms with Crippen LogP contribution in [-0.4, -0.2) is 39.9 Å². The minimum atomic E-state index is -4.14. The standard InChI is InChI=1S/C12H18O5S/c1-10-3-4-12(18(13,14)15)9-11(10)5-6-17-8-7-16-2/h3-4,9H,5-8H2,1-2H3,(H,13,14,15). The predicted octanol–water partition coefficient (Wildman–Crippen LogP) is 1.45. The Bertz CT molecular complexity index is 481. The van der Waals surface area contributed by atoms with Crippen molar-refractivity contribution >= 4 is 10.1 Å². The first-order chi connectivity index (χ1) is 8.45. The second-order valence-corrected chi connectivity index (χ2v) is 5.34. The lowest BCUT2D eigenvalue weighted by atomic mass is 10.1. The van der Waals surface area contributed by atoms with E-state index in [1.807, 2.05) is 6.92 Å². The molecule has 0 aliphatic heterocycles. The van der Waals surface area contributed by atoms with Gasteiger partial charge in [0.2, 0.25) is 0 Å². The SMILES string of the molecule is COCCOCCc1cc(S(=O)(=O)O)ccc1C. The van der Waals surface area contributed by atoms with E-state index in [1.165, 1.54) is 12.1 Å². The lowest BCUT2D eigenvalue weighted by Crippen LogP contribution is -2.06. The van der Waals surface area contributed by atoms with Gasteiger partial charge in [0.25, 0.3) is 10.1 Å². The Morgan fingerprint density at radius 1 is 1.22 bits per heavy atom. The van der Waals surface area contributed by atoms with Gasteiger partial charge < -0.3 is 9.47 Å². The van der Waals surface area contributed by atoms with Gasteiger partial charge in [-0.15, -0.1) is 0 Å². The first-order valence-electron chi connectivity index (χ1n) is 5.59. The van der Waals surface area contributed by atoms with Crippen molar-refractivity contribution in [1.82, 2.24) is 0 Å². The molecular formula is C12H18O5S. The van der Waals surface area contributed by atoms with Crippen LogP contribution >= 0.6 is 0 Å². The average molecular weight is 274 g/mol. The van der Waals surface area contributed by atoms with E-state index in [-0.39, 0.29) is 4.90 Å². The van der Waals surface area contributed by atoms with Crippen molar-refractivity contribution in [3.05, 3.63) is 29.3 Å². The third kappa shape index (κ3) is 4.73. The van der Waals surface area contributed by atoms with Crippen LogP contribution in [0.5, 0.6) is 0 Å². The zero-order chi connectivity index (χ0) is 13.6. The van der Waals surface area contributed by atoms with Gasteiger partial charge in [-0.25, -0.2) is 0 Å². The number of rotatable bonds is 7. The minimum absolute atomic E-state index is 0.0833. The highest BCUT2D eigenvalue weighted by atomic mass is 32.2. The number of hydrogen-bond donors (Lipinski definition) is 1. The highest BCUT2D eigenvalue weighted by Gasteiger charge is 2.11. The molecule has 0 heterocycles. The molecule has 0 spiro atoms. The third-order valence-corrected chi connectivity index (χ3v) is 3.42. The molecule has 0 amide bonds. The van der Waals surface area contributed by atoms with Gasteiger partial charge in [-0.3, -0.25) is 4.55 Å². The van der Waals surface area contributed by atoms with Crippen molar-refractivity contribution in [3.63, 3.8) is 0 Å². The summed E-state index contributed by atoms with van der Waals surface area (Å²) in [5, 5.41) is 0. The van der Waals surface area contributed by atoms with E-state index in [4.69, 9.17) is 14.0 Å². The fourth-order valence-corrected chi connectivity index (χ4v) is 2.04. The summed E-state index contributed by atoms with van der Waals surface area (Å²) >= 11 is 0. The van der Waals surface area contributed by atoms with Crippen LogP contribution in [0.3, 0.4) is 0 Å². The normalized spacial score (nSPS) is 11.7. The van der Waals surface area contributed by atoms with Crippen LogP contribution in [0, 0.1) is 6.92 Å². The summed E-state index contributed by atoms with van der Waals surface area (Å²) in [6, 6.07) is 4.54. The average Bonchev–Trinajstić information content (AvgIpc) is 2.29. The van der Waals surface area contributed by atoms with Crippen molar-refractivity contribution in [1.29, 1.82) is 0 Å². The molecule has 0 bridgehead atoms.